The second-order valence-electron chi connectivity index (χ2n) is 9.83. The maximum Gasteiger partial charge on any atom is 0.139 e. The summed E-state index contributed by atoms with van der Waals surface area (Å²) in [4.78, 5) is 23.1. The lowest BCUT2D eigenvalue weighted by atomic mass is 9.70. The van der Waals surface area contributed by atoms with Crippen LogP contribution in [0, 0.1) is 33.5 Å². The highest BCUT2D eigenvalue weighted by Gasteiger charge is 2.62. The van der Waals surface area contributed by atoms with Crippen LogP contribution in [0.25, 0.3) is 0 Å². The van der Waals surface area contributed by atoms with E-state index in [0.717, 1.165) is 25.7 Å². The summed E-state index contributed by atoms with van der Waals surface area (Å²) in [5.74, 6) is 2.39. The van der Waals surface area contributed by atoms with E-state index in [1.807, 2.05) is 0 Å². The molecular formula is C22H40O2. The first-order valence-electron chi connectivity index (χ1n) is 9.03. The smallest absolute Gasteiger partial charge is 0.139 e. The average molecular weight is 337 g/mol. The quantitative estimate of drug-likeness (QED) is 0.537. The molecule has 4 aliphatic carbocycles. The van der Waals surface area contributed by atoms with Crippen LogP contribution in [0.4, 0.5) is 0 Å². The Hall–Kier alpha value is -0.660. The summed E-state index contributed by atoms with van der Waals surface area (Å²) in [6, 6.07) is 0. The van der Waals surface area contributed by atoms with Gasteiger partial charge in [0.2, 0.25) is 0 Å². The minimum Gasteiger partial charge on any atom is -0.299 e. The van der Waals surface area contributed by atoms with Gasteiger partial charge < -0.3 is 0 Å². The lowest BCUT2D eigenvalue weighted by Gasteiger charge is -2.32. The Morgan fingerprint density at radius 3 is 1.04 bits per heavy atom. The summed E-state index contributed by atoms with van der Waals surface area (Å²) >= 11 is 0. The lowest BCUT2D eigenvalue weighted by molar-refractivity contribution is -0.129. The molecular weight excluding hydrogens is 296 g/mol. The van der Waals surface area contributed by atoms with Crippen LogP contribution in [0.2, 0.25) is 0 Å². The zero-order valence-corrected chi connectivity index (χ0v) is 15.2. The number of Topliss-reactive ketones (excluding diaryl/α,β-unsaturated/α-hetero) is 2. The third kappa shape index (κ3) is 2.35. The Morgan fingerprint density at radius 2 is 0.958 bits per heavy atom. The maximum atomic E-state index is 11.6. The van der Waals surface area contributed by atoms with Gasteiger partial charge in [-0.3, -0.25) is 9.59 Å². The molecule has 0 N–H and O–H groups in total. The number of hydrogen-bond donors (Lipinski definition) is 0. The van der Waals surface area contributed by atoms with E-state index in [0.29, 0.717) is 23.4 Å². The fraction of sp³-hybridized carbons (Fsp3) is 0.909. The molecule has 0 aromatic heterocycles. The molecule has 0 heterocycles. The van der Waals surface area contributed by atoms with E-state index in [1.165, 1.54) is 12.8 Å². The first kappa shape index (κ1) is 21.4. The first-order valence-corrected chi connectivity index (χ1v) is 9.03. The van der Waals surface area contributed by atoms with Gasteiger partial charge in [0.05, 0.1) is 0 Å². The van der Waals surface area contributed by atoms with Crippen molar-refractivity contribution in [2.75, 3.05) is 0 Å². The molecule has 4 unspecified atom stereocenters. The van der Waals surface area contributed by atoms with E-state index in [2.05, 4.69) is 41.5 Å². The van der Waals surface area contributed by atoms with Crippen LogP contribution < -0.4 is 0 Å². The Balaban J connectivity index is 0.000000222. The Kier molecular flexibility index (Phi) is 5.30. The van der Waals surface area contributed by atoms with Crippen molar-refractivity contribution in [2.24, 2.45) is 33.5 Å². The Bertz CT molecular complexity index is 482. The third-order valence-electron chi connectivity index (χ3n) is 8.97. The van der Waals surface area contributed by atoms with Crippen LogP contribution in [0.5, 0.6) is 0 Å². The topological polar surface area (TPSA) is 34.1 Å². The first-order chi connectivity index (χ1) is 9.97. The molecule has 0 aromatic rings. The summed E-state index contributed by atoms with van der Waals surface area (Å²) in [6.45, 7) is 13.3. The molecule has 4 fully saturated rings. The molecule has 4 aliphatic rings. The molecule has 24 heavy (non-hydrogen) atoms. The van der Waals surface area contributed by atoms with Crippen molar-refractivity contribution in [1.82, 2.24) is 0 Å². The van der Waals surface area contributed by atoms with Gasteiger partial charge >= 0.3 is 0 Å². The Labute approximate surface area is 150 Å². The molecule has 0 radical (unpaired) electrons. The van der Waals surface area contributed by atoms with Gasteiger partial charge in [0, 0.05) is 23.7 Å². The lowest BCUT2D eigenvalue weighted by Crippen LogP contribution is -2.32. The van der Waals surface area contributed by atoms with E-state index in [9.17, 15) is 9.59 Å². The van der Waals surface area contributed by atoms with E-state index in [-0.39, 0.29) is 36.5 Å². The van der Waals surface area contributed by atoms with E-state index < -0.39 is 0 Å². The molecule has 140 valence electrons. The minimum atomic E-state index is 0. The molecule has 4 saturated carbocycles. The molecule has 0 amide bonds. The van der Waals surface area contributed by atoms with Crippen molar-refractivity contribution in [3.05, 3.63) is 0 Å². The summed E-state index contributed by atoms with van der Waals surface area (Å²) < 4.78 is 0. The van der Waals surface area contributed by atoms with Gasteiger partial charge in [0.25, 0.3) is 0 Å². The Morgan fingerprint density at radius 1 is 0.667 bits per heavy atom. The second kappa shape index (κ2) is 5.95. The molecule has 4 atom stereocenters. The van der Waals surface area contributed by atoms with Gasteiger partial charge in [-0.25, -0.2) is 0 Å². The van der Waals surface area contributed by atoms with E-state index in [1.54, 1.807) is 0 Å². The van der Waals surface area contributed by atoms with Crippen LogP contribution in [0.15, 0.2) is 0 Å². The molecule has 2 heteroatoms. The molecule has 0 aromatic carbocycles. The van der Waals surface area contributed by atoms with E-state index in [4.69, 9.17) is 0 Å². The SMILES string of the molecule is C.C.CC12CCC(CC1=O)C2(C)C.CC12CCC(CC1=O)C2(C)C. The summed E-state index contributed by atoms with van der Waals surface area (Å²) in [5.41, 5.74) is 0.615. The van der Waals surface area contributed by atoms with E-state index >= 15 is 0 Å². The number of fused-ring (bicyclic) bond motifs is 4. The molecule has 2 nitrogen and oxygen atoms in total. The molecule has 0 spiro atoms. The highest BCUT2D eigenvalue weighted by Crippen LogP contribution is 2.64. The standard InChI is InChI=1S/2C10H16O.2CH4/c2*1-9(2)7-4-5-10(9,3)8(11)6-7;;/h2*7H,4-6H2,1-3H3;2*1H4. The van der Waals surface area contributed by atoms with Gasteiger partial charge in [0.15, 0.2) is 0 Å². The molecule has 0 saturated heterocycles. The number of hydrogen-bond acceptors (Lipinski definition) is 2. The third-order valence-corrected chi connectivity index (χ3v) is 8.97. The van der Waals surface area contributed by atoms with Gasteiger partial charge in [0.1, 0.15) is 11.6 Å². The zero-order valence-electron chi connectivity index (χ0n) is 15.2. The van der Waals surface area contributed by atoms with Crippen molar-refractivity contribution in [2.45, 2.75) is 94.9 Å². The van der Waals surface area contributed by atoms with Crippen LogP contribution in [0.3, 0.4) is 0 Å². The second-order valence-corrected chi connectivity index (χ2v) is 9.83. The molecule has 0 aliphatic heterocycles. The van der Waals surface area contributed by atoms with Crippen molar-refractivity contribution in [1.29, 1.82) is 0 Å². The van der Waals surface area contributed by atoms with Crippen molar-refractivity contribution < 1.29 is 9.59 Å². The monoisotopic (exact) mass is 336 g/mol. The summed E-state index contributed by atoms with van der Waals surface area (Å²) in [7, 11) is 0. The normalized spacial score (nSPS) is 42.9. The van der Waals surface area contributed by atoms with Crippen LogP contribution in [0.1, 0.15) is 94.9 Å². The highest BCUT2D eigenvalue weighted by atomic mass is 16.1. The maximum absolute atomic E-state index is 11.6. The number of rotatable bonds is 0. The number of carbonyl (C=O) groups excluding carboxylic acids is 2. The van der Waals surface area contributed by atoms with Crippen LogP contribution in [-0.4, -0.2) is 11.6 Å². The molecule has 4 rings (SSSR count). The molecule has 4 bridgehead atoms. The van der Waals surface area contributed by atoms with Gasteiger partial charge in [-0.05, 0) is 48.3 Å². The van der Waals surface area contributed by atoms with Gasteiger partial charge in [-0.1, -0.05) is 56.4 Å². The average Bonchev–Trinajstić information content (AvgIpc) is 2.91. The van der Waals surface area contributed by atoms with Crippen molar-refractivity contribution in [3.63, 3.8) is 0 Å². The van der Waals surface area contributed by atoms with Crippen LogP contribution in [-0.2, 0) is 9.59 Å². The largest absolute Gasteiger partial charge is 0.299 e. The van der Waals surface area contributed by atoms with Crippen molar-refractivity contribution in [3.8, 4) is 0 Å². The van der Waals surface area contributed by atoms with Crippen molar-refractivity contribution >= 4 is 11.6 Å². The minimum absolute atomic E-state index is 0. The summed E-state index contributed by atoms with van der Waals surface area (Å²) in [6.07, 6.45) is 6.50. The number of ketones is 2. The zero-order chi connectivity index (χ0) is 16.6. The predicted octanol–water partition coefficient (Wildman–Crippen LogP) is 6.08. The van der Waals surface area contributed by atoms with Crippen LogP contribution >= 0.6 is 0 Å². The number of carbonyl (C=O) groups is 2. The fourth-order valence-corrected chi connectivity index (χ4v) is 5.80. The van der Waals surface area contributed by atoms with Gasteiger partial charge in [-0.2, -0.15) is 0 Å². The van der Waals surface area contributed by atoms with Gasteiger partial charge in [-0.15, -0.1) is 0 Å². The predicted molar refractivity (Wildman–Crippen MR) is 102 cm³/mol. The highest BCUT2D eigenvalue weighted by molar-refractivity contribution is 5.89. The summed E-state index contributed by atoms with van der Waals surface area (Å²) in [5, 5.41) is 0. The fourth-order valence-electron chi connectivity index (χ4n) is 5.80.